The molecule has 1 aliphatic rings. The van der Waals surface area contributed by atoms with Gasteiger partial charge in [0.05, 0.1) is 10.5 Å². The summed E-state index contributed by atoms with van der Waals surface area (Å²) in [6.45, 7) is 1.64. The molecule has 0 aliphatic heterocycles. The summed E-state index contributed by atoms with van der Waals surface area (Å²) in [6, 6.07) is 6.19. The molecule has 1 aromatic heterocycles. The highest BCUT2D eigenvalue weighted by Crippen LogP contribution is 2.39. The fourth-order valence-electron chi connectivity index (χ4n) is 2.06. The van der Waals surface area contributed by atoms with Gasteiger partial charge < -0.3 is 10.5 Å². The van der Waals surface area contributed by atoms with Gasteiger partial charge in [-0.3, -0.25) is 10.1 Å². The summed E-state index contributed by atoms with van der Waals surface area (Å²) in [7, 11) is 0. The van der Waals surface area contributed by atoms with Crippen molar-refractivity contribution in [1.29, 1.82) is 0 Å². The molecule has 0 radical (unpaired) electrons. The second kappa shape index (κ2) is 5.01. The summed E-state index contributed by atoms with van der Waals surface area (Å²) in [6.07, 6.45) is 2.11. The molecule has 1 heterocycles. The second-order valence-electron chi connectivity index (χ2n) is 5.02. The van der Waals surface area contributed by atoms with E-state index in [-0.39, 0.29) is 5.69 Å². The number of nitrogens with two attached hydrogens (primary N) is 1. The topological polar surface area (TPSA) is 104 Å². The van der Waals surface area contributed by atoms with E-state index in [1.807, 2.05) is 0 Å². The molecule has 21 heavy (non-hydrogen) atoms. The van der Waals surface area contributed by atoms with Crippen molar-refractivity contribution < 1.29 is 9.66 Å². The van der Waals surface area contributed by atoms with Crippen LogP contribution in [0.25, 0.3) is 0 Å². The van der Waals surface area contributed by atoms with Gasteiger partial charge in [-0.1, -0.05) is 6.07 Å². The summed E-state index contributed by atoms with van der Waals surface area (Å²) >= 11 is 0. The quantitative estimate of drug-likeness (QED) is 0.684. The van der Waals surface area contributed by atoms with Gasteiger partial charge in [-0.15, -0.1) is 0 Å². The first-order valence-electron chi connectivity index (χ1n) is 6.61. The molecule has 1 aliphatic carbocycles. The molecule has 1 saturated carbocycles. The van der Waals surface area contributed by atoms with E-state index in [4.69, 9.17) is 10.5 Å². The third kappa shape index (κ3) is 2.76. The van der Waals surface area contributed by atoms with Crippen molar-refractivity contribution in [2.75, 3.05) is 5.73 Å². The number of benzene rings is 1. The summed E-state index contributed by atoms with van der Waals surface area (Å²) in [5.74, 6) is 2.07. The van der Waals surface area contributed by atoms with E-state index < -0.39 is 4.92 Å². The fraction of sp³-hybridized carbons (Fsp3) is 0.286. The van der Waals surface area contributed by atoms with Crippen LogP contribution in [0.2, 0.25) is 0 Å². The lowest BCUT2D eigenvalue weighted by molar-refractivity contribution is -0.385. The highest BCUT2D eigenvalue weighted by Gasteiger charge is 2.27. The van der Waals surface area contributed by atoms with Crippen molar-refractivity contribution in [3.05, 3.63) is 45.8 Å². The maximum absolute atomic E-state index is 10.9. The number of anilines is 1. The van der Waals surface area contributed by atoms with Crippen molar-refractivity contribution in [3.63, 3.8) is 0 Å². The van der Waals surface area contributed by atoms with Crippen molar-refractivity contribution in [2.45, 2.75) is 25.7 Å². The second-order valence-corrected chi connectivity index (χ2v) is 5.02. The Morgan fingerprint density at radius 3 is 2.81 bits per heavy atom. The van der Waals surface area contributed by atoms with Gasteiger partial charge in [0, 0.05) is 18.1 Å². The van der Waals surface area contributed by atoms with Gasteiger partial charge in [-0.25, -0.2) is 4.98 Å². The molecular formula is C14H14N4O3. The van der Waals surface area contributed by atoms with Gasteiger partial charge in [0.15, 0.2) is 0 Å². The van der Waals surface area contributed by atoms with Gasteiger partial charge in [-0.05, 0) is 25.8 Å². The van der Waals surface area contributed by atoms with E-state index in [0.29, 0.717) is 34.8 Å². The first kappa shape index (κ1) is 13.3. The normalized spacial score (nSPS) is 14.0. The number of aromatic nitrogens is 2. The van der Waals surface area contributed by atoms with Gasteiger partial charge in [0.1, 0.15) is 17.4 Å². The molecule has 0 spiro atoms. The maximum atomic E-state index is 10.9. The Morgan fingerprint density at radius 2 is 2.14 bits per heavy atom. The Balaban J connectivity index is 1.93. The first-order chi connectivity index (χ1) is 10.0. The van der Waals surface area contributed by atoms with Crippen LogP contribution in [0.1, 0.15) is 30.1 Å². The monoisotopic (exact) mass is 286 g/mol. The van der Waals surface area contributed by atoms with E-state index in [2.05, 4.69) is 9.97 Å². The number of nitro benzene ring substituents is 1. The number of rotatable bonds is 4. The maximum Gasteiger partial charge on any atom is 0.276 e. The smallest absolute Gasteiger partial charge is 0.276 e. The molecule has 3 rings (SSSR count). The molecule has 2 N–H and O–H groups in total. The predicted molar refractivity (Wildman–Crippen MR) is 76.3 cm³/mol. The van der Waals surface area contributed by atoms with Crippen molar-refractivity contribution in [2.24, 2.45) is 0 Å². The Bertz CT molecular complexity index is 713. The van der Waals surface area contributed by atoms with Crippen LogP contribution < -0.4 is 10.5 Å². The van der Waals surface area contributed by atoms with Crippen LogP contribution in [0, 0.1) is 17.0 Å². The number of nitrogens with zero attached hydrogens (tertiary/aromatic N) is 3. The zero-order valence-electron chi connectivity index (χ0n) is 11.4. The zero-order valence-corrected chi connectivity index (χ0v) is 11.4. The lowest BCUT2D eigenvalue weighted by atomic mass is 10.2. The summed E-state index contributed by atoms with van der Waals surface area (Å²) in [4.78, 5) is 19.0. The molecule has 108 valence electrons. The highest BCUT2D eigenvalue weighted by molar-refractivity contribution is 5.49. The molecule has 1 aromatic carbocycles. The third-order valence-electron chi connectivity index (χ3n) is 3.35. The average molecular weight is 286 g/mol. The van der Waals surface area contributed by atoms with Crippen molar-refractivity contribution >= 4 is 11.5 Å². The molecule has 7 heteroatoms. The van der Waals surface area contributed by atoms with Crippen LogP contribution in [0.3, 0.4) is 0 Å². The largest absolute Gasteiger partial charge is 0.438 e. The van der Waals surface area contributed by atoms with Gasteiger partial charge in [-0.2, -0.15) is 4.98 Å². The number of nitrogen functional groups attached to an aromatic ring is 1. The summed E-state index contributed by atoms with van der Waals surface area (Å²) < 4.78 is 5.66. The molecule has 0 bridgehead atoms. The highest BCUT2D eigenvalue weighted by atomic mass is 16.6. The van der Waals surface area contributed by atoms with Gasteiger partial charge in [0.2, 0.25) is 5.88 Å². The minimum absolute atomic E-state index is 0.0111. The van der Waals surface area contributed by atoms with E-state index in [0.717, 1.165) is 12.8 Å². The predicted octanol–water partition coefficient (Wildman–Crippen LogP) is 2.95. The number of hydrogen-bond acceptors (Lipinski definition) is 6. The van der Waals surface area contributed by atoms with Crippen molar-refractivity contribution in [3.8, 4) is 11.6 Å². The molecule has 0 amide bonds. The number of ether oxygens (including phenoxy) is 1. The lowest BCUT2D eigenvalue weighted by Gasteiger charge is -2.09. The Kier molecular flexibility index (Phi) is 3.17. The fourth-order valence-corrected chi connectivity index (χ4v) is 2.06. The lowest BCUT2D eigenvalue weighted by Crippen LogP contribution is -2.01. The number of hydrogen-bond donors (Lipinski definition) is 1. The van der Waals surface area contributed by atoms with Crippen LogP contribution in [-0.2, 0) is 0 Å². The molecule has 7 nitrogen and oxygen atoms in total. The first-order valence-corrected chi connectivity index (χ1v) is 6.61. The zero-order chi connectivity index (χ0) is 15.0. The van der Waals surface area contributed by atoms with Gasteiger partial charge in [0.25, 0.3) is 5.69 Å². The molecule has 0 atom stereocenters. The SMILES string of the molecule is Cc1c(Oc2cc(N)nc(C3CC3)n2)cccc1[N+](=O)[O-]. The van der Waals surface area contributed by atoms with Crippen molar-refractivity contribution in [1.82, 2.24) is 9.97 Å². The molecular weight excluding hydrogens is 272 g/mol. The van der Waals surface area contributed by atoms with Crippen LogP contribution >= 0.6 is 0 Å². The van der Waals surface area contributed by atoms with Crippen LogP contribution in [0.15, 0.2) is 24.3 Å². The molecule has 2 aromatic rings. The Labute approximate surface area is 120 Å². The minimum Gasteiger partial charge on any atom is -0.438 e. The third-order valence-corrected chi connectivity index (χ3v) is 3.35. The minimum atomic E-state index is -0.438. The average Bonchev–Trinajstić information content (AvgIpc) is 3.24. The standard InChI is InChI=1S/C14H14N4O3/c1-8-10(18(19)20)3-2-4-11(8)21-13-7-12(15)16-14(17-13)9-5-6-9/h2-4,7,9H,5-6H2,1H3,(H2,15,16,17). The van der Waals surface area contributed by atoms with E-state index >= 15 is 0 Å². The van der Waals surface area contributed by atoms with Crippen LogP contribution in [0.5, 0.6) is 11.6 Å². The van der Waals surface area contributed by atoms with E-state index in [1.54, 1.807) is 19.1 Å². The molecule has 1 fully saturated rings. The van der Waals surface area contributed by atoms with E-state index in [1.165, 1.54) is 12.1 Å². The van der Waals surface area contributed by atoms with E-state index in [9.17, 15) is 10.1 Å². The molecule has 0 saturated heterocycles. The number of nitro groups is 1. The van der Waals surface area contributed by atoms with Gasteiger partial charge >= 0.3 is 0 Å². The van der Waals surface area contributed by atoms with Crippen LogP contribution in [-0.4, -0.2) is 14.9 Å². The van der Waals surface area contributed by atoms with Crippen LogP contribution in [0.4, 0.5) is 11.5 Å². The molecule has 0 unspecified atom stereocenters. The summed E-state index contributed by atoms with van der Waals surface area (Å²) in [5, 5.41) is 10.9. The Morgan fingerprint density at radius 1 is 1.38 bits per heavy atom. The Hall–Kier alpha value is -2.70. The summed E-state index contributed by atoms with van der Waals surface area (Å²) in [5.41, 5.74) is 6.22.